The zero-order valence-corrected chi connectivity index (χ0v) is 10.4. The summed E-state index contributed by atoms with van der Waals surface area (Å²) in [5, 5.41) is 0.256. The number of esters is 1. The lowest BCUT2D eigenvalue weighted by Crippen LogP contribution is -2.00. The predicted molar refractivity (Wildman–Crippen MR) is 67.5 cm³/mol. The Hall–Kier alpha value is -1.22. The molecular formula is C13H16O2S. The molecule has 1 aromatic rings. The molecule has 0 bridgehead atoms. The van der Waals surface area contributed by atoms with Crippen LogP contribution in [0.25, 0.3) is 0 Å². The van der Waals surface area contributed by atoms with E-state index in [0.29, 0.717) is 6.61 Å². The topological polar surface area (TPSA) is 26.3 Å². The van der Waals surface area contributed by atoms with Crippen molar-refractivity contribution >= 4 is 17.7 Å². The van der Waals surface area contributed by atoms with E-state index in [2.05, 4.69) is 12.1 Å². The van der Waals surface area contributed by atoms with Crippen molar-refractivity contribution in [2.75, 3.05) is 6.61 Å². The first-order chi connectivity index (χ1) is 7.72. The number of thioether (sulfide) groups is 1. The van der Waals surface area contributed by atoms with Crippen LogP contribution in [-0.2, 0) is 9.53 Å². The van der Waals surface area contributed by atoms with Gasteiger partial charge in [0.1, 0.15) is 0 Å². The summed E-state index contributed by atoms with van der Waals surface area (Å²) in [6, 6.07) is 10.1. The molecule has 1 rings (SSSR count). The third-order valence-corrected chi connectivity index (χ3v) is 2.93. The molecule has 1 aromatic carbocycles. The smallest absolute Gasteiger partial charge is 0.330 e. The Bertz CT molecular complexity index is 346. The van der Waals surface area contributed by atoms with Gasteiger partial charge in [-0.1, -0.05) is 24.3 Å². The highest BCUT2D eigenvalue weighted by Crippen LogP contribution is 2.23. The molecule has 0 aliphatic rings. The molecule has 0 heterocycles. The van der Waals surface area contributed by atoms with Gasteiger partial charge in [-0.05, 0) is 26.0 Å². The van der Waals surface area contributed by atoms with Gasteiger partial charge in [-0.25, -0.2) is 4.79 Å². The van der Waals surface area contributed by atoms with Crippen LogP contribution in [0.4, 0.5) is 0 Å². The summed E-state index contributed by atoms with van der Waals surface area (Å²) in [7, 11) is 0. The van der Waals surface area contributed by atoms with Gasteiger partial charge in [0.05, 0.1) is 6.61 Å². The molecule has 0 fully saturated rings. The molecule has 3 heteroatoms. The van der Waals surface area contributed by atoms with Crippen molar-refractivity contribution in [3.8, 4) is 0 Å². The molecule has 0 aliphatic heterocycles. The Balaban J connectivity index is 2.41. The summed E-state index contributed by atoms with van der Waals surface area (Å²) < 4.78 is 4.81. The predicted octanol–water partition coefficient (Wildman–Crippen LogP) is 3.29. The van der Waals surface area contributed by atoms with E-state index in [9.17, 15) is 4.79 Å². The molecule has 1 atom stereocenters. The fraction of sp³-hybridized carbons (Fsp3) is 0.308. The quantitative estimate of drug-likeness (QED) is 0.446. The second kappa shape index (κ2) is 7.12. The molecule has 0 amide bonds. The molecule has 0 saturated heterocycles. The van der Waals surface area contributed by atoms with Gasteiger partial charge in [-0.15, -0.1) is 11.8 Å². The number of benzene rings is 1. The maximum absolute atomic E-state index is 11.1. The SMILES string of the molecule is CCOC(=O)C=CC(C)Sc1ccccc1. The first kappa shape index (κ1) is 12.8. The Morgan fingerprint density at radius 3 is 2.75 bits per heavy atom. The van der Waals surface area contributed by atoms with E-state index in [1.807, 2.05) is 31.2 Å². The zero-order valence-electron chi connectivity index (χ0n) is 9.55. The molecule has 0 aromatic heterocycles. The van der Waals surface area contributed by atoms with Gasteiger partial charge in [-0.3, -0.25) is 0 Å². The summed E-state index contributed by atoms with van der Waals surface area (Å²) in [4.78, 5) is 12.3. The minimum absolute atomic E-state index is 0.256. The van der Waals surface area contributed by atoms with Crippen molar-refractivity contribution in [3.63, 3.8) is 0 Å². The molecule has 2 nitrogen and oxygen atoms in total. The molecule has 0 saturated carbocycles. The molecule has 16 heavy (non-hydrogen) atoms. The lowest BCUT2D eigenvalue weighted by molar-refractivity contribution is -0.137. The standard InChI is InChI=1S/C13H16O2S/c1-3-15-13(14)10-9-11(2)16-12-7-5-4-6-8-12/h4-11H,3H2,1-2H3. The van der Waals surface area contributed by atoms with Crippen molar-refractivity contribution in [1.29, 1.82) is 0 Å². The lowest BCUT2D eigenvalue weighted by Gasteiger charge is -2.05. The maximum atomic E-state index is 11.1. The summed E-state index contributed by atoms with van der Waals surface area (Å²) in [6.07, 6.45) is 3.35. The zero-order chi connectivity index (χ0) is 11.8. The monoisotopic (exact) mass is 236 g/mol. The molecule has 0 radical (unpaired) electrons. The Morgan fingerprint density at radius 1 is 1.44 bits per heavy atom. The highest BCUT2D eigenvalue weighted by Gasteiger charge is 2.01. The Morgan fingerprint density at radius 2 is 2.12 bits per heavy atom. The van der Waals surface area contributed by atoms with Crippen LogP contribution in [0.15, 0.2) is 47.4 Å². The van der Waals surface area contributed by atoms with Crippen LogP contribution in [0, 0.1) is 0 Å². The van der Waals surface area contributed by atoms with Gasteiger partial charge in [0, 0.05) is 16.2 Å². The van der Waals surface area contributed by atoms with Crippen molar-refractivity contribution in [3.05, 3.63) is 42.5 Å². The van der Waals surface area contributed by atoms with Crippen LogP contribution in [0.2, 0.25) is 0 Å². The molecular weight excluding hydrogens is 220 g/mol. The molecule has 0 N–H and O–H groups in total. The molecule has 0 spiro atoms. The maximum Gasteiger partial charge on any atom is 0.330 e. The van der Waals surface area contributed by atoms with Crippen LogP contribution in [0.3, 0.4) is 0 Å². The van der Waals surface area contributed by atoms with Crippen molar-refractivity contribution < 1.29 is 9.53 Å². The minimum atomic E-state index is -0.275. The van der Waals surface area contributed by atoms with Crippen LogP contribution in [-0.4, -0.2) is 17.8 Å². The Kier molecular flexibility index (Phi) is 5.72. The highest BCUT2D eigenvalue weighted by molar-refractivity contribution is 8.00. The van der Waals surface area contributed by atoms with E-state index in [4.69, 9.17) is 4.74 Å². The summed E-state index contributed by atoms with van der Waals surface area (Å²) in [5.41, 5.74) is 0. The average molecular weight is 236 g/mol. The van der Waals surface area contributed by atoms with E-state index >= 15 is 0 Å². The van der Waals surface area contributed by atoms with Crippen molar-refractivity contribution in [1.82, 2.24) is 0 Å². The number of hydrogen-bond donors (Lipinski definition) is 0. The number of hydrogen-bond acceptors (Lipinski definition) is 3. The molecule has 0 aliphatic carbocycles. The van der Waals surface area contributed by atoms with Gasteiger partial charge >= 0.3 is 5.97 Å². The molecule has 1 unspecified atom stereocenters. The normalized spacial score (nSPS) is 12.6. The second-order valence-electron chi connectivity index (χ2n) is 3.25. The van der Waals surface area contributed by atoms with Gasteiger partial charge in [0.2, 0.25) is 0 Å². The largest absolute Gasteiger partial charge is 0.463 e. The first-order valence-electron chi connectivity index (χ1n) is 5.29. The second-order valence-corrected chi connectivity index (χ2v) is 4.70. The van der Waals surface area contributed by atoms with Gasteiger partial charge < -0.3 is 4.74 Å². The van der Waals surface area contributed by atoms with Crippen LogP contribution >= 0.6 is 11.8 Å². The van der Waals surface area contributed by atoms with Crippen LogP contribution in [0.1, 0.15) is 13.8 Å². The summed E-state index contributed by atoms with van der Waals surface area (Å²) in [5.74, 6) is -0.275. The van der Waals surface area contributed by atoms with Crippen LogP contribution < -0.4 is 0 Å². The van der Waals surface area contributed by atoms with Gasteiger partial charge in [0.15, 0.2) is 0 Å². The molecule has 86 valence electrons. The van der Waals surface area contributed by atoms with Crippen molar-refractivity contribution in [2.24, 2.45) is 0 Å². The number of carbonyl (C=O) groups is 1. The van der Waals surface area contributed by atoms with E-state index in [1.54, 1.807) is 18.7 Å². The van der Waals surface area contributed by atoms with Gasteiger partial charge in [-0.2, -0.15) is 0 Å². The van der Waals surface area contributed by atoms with Crippen molar-refractivity contribution in [2.45, 2.75) is 24.0 Å². The van der Waals surface area contributed by atoms with E-state index in [1.165, 1.54) is 11.0 Å². The minimum Gasteiger partial charge on any atom is -0.463 e. The number of ether oxygens (including phenoxy) is 1. The number of rotatable bonds is 5. The Labute approximate surface area is 101 Å². The third-order valence-electron chi connectivity index (χ3n) is 1.86. The van der Waals surface area contributed by atoms with Gasteiger partial charge in [0.25, 0.3) is 0 Å². The van der Waals surface area contributed by atoms with E-state index in [-0.39, 0.29) is 11.2 Å². The van der Waals surface area contributed by atoms with E-state index in [0.717, 1.165) is 0 Å². The number of carbonyl (C=O) groups excluding carboxylic acids is 1. The summed E-state index contributed by atoms with van der Waals surface area (Å²) >= 11 is 1.71. The fourth-order valence-electron chi connectivity index (χ4n) is 1.16. The van der Waals surface area contributed by atoms with Crippen LogP contribution in [0.5, 0.6) is 0 Å². The summed E-state index contributed by atoms with van der Waals surface area (Å²) in [6.45, 7) is 4.27. The fourth-order valence-corrected chi connectivity index (χ4v) is 2.06. The highest BCUT2D eigenvalue weighted by atomic mass is 32.2. The first-order valence-corrected chi connectivity index (χ1v) is 6.17. The lowest BCUT2D eigenvalue weighted by atomic mass is 10.4. The van der Waals surface area contributed by atoms with E-state index < -0.39 is 0 Å². The third kappa shape index (κ3) is 5.03. The average Bonchev–Trinajstić information content (AvgIpc) is 2.28.